The van der Waals surface area contributed by atoms with Crippen LogP contribution in [0.5, 0.6) is 0 Å². The molecule has 0 saturated heterocycles. The lowest BCUT2D eigenvalue weighted by Crippen LogP contribution is -2.02. The van der Waals surface area contributed by atoms with Crippen molar-refractivity contribution in [3.05, 3.63) is 188 Å². The van der Waals surface area contributed by atoms with E-state index in [1.165, 1.54) is 37.7 Å². The van der Waals surface area contributed by atoms with Crippen LogP contribution in [-0.4, -0.2) is 15.0 Å². The molecule has 1 aromatic heterocycles. The van der Waals surface area contributed by atoms with Gasteiger partial charge in [0.25, 0.3) is 0 Å². The van der Waals surface area contributed by atoms with Crippen LogP contribution in [0.2, 0.25) is 0 Å². The molecule has 0 N–H and O–H groups in total. The molecule has 9 aromatic carbocycles. The predicted molar refractivity (Wildman–Crippen MR) is 217 cm³/mol. The van der Waals surface area contributed by atoms with E-state index >= 15 is 0 Å². The third-order valence-electron chi connectivity index (χ3n) is 10.1. The molecule has 0 saturated carbocycles. The molecule has 3 nitrogen and oxygen atoms in total. The number of rotatable bonds is 5. The second-order valence-corrected chi connectivity index (χ2v) is 13.1. The molecule has 10 aromatic rings. The summed E-state index contributed by atoms with van der Waals surface area (Å²) in [4.78, 5) is 16.0. The zero-order valence-electron chi connectivity index (χ0n) is 28.2. The minimum absolute atomic E-state index is 0.634. The molecule has 0 bridgehead atoms. The van der Waals surface area contributed by atoms with E-state index in [0.29, 0.717) is 17.5 Å². The molecular weight excluding hydrogens is 631 g/mol. The summed E-state index contributed by atoms with van der Waals surface area (Å²) in [6.07, 6.45) is 0. The molecule has 242 valence electrons. The predicted octanol–water partition coefficient (Wildman–Crippen LogP) is 12.8. The highest BCUT2D eigenvalue weighted by atomic mass is 15.0. The van der Waals surface area contributed by atoms with Gasteiger partial charge in [-0.25, -0.2) is 15.0 Å². The molecule has 0 unspecified atom stereocenters. The Morgan fingerprint density at radius 1 is 0.231 bits per heavy atom. The average Bonchev–Trinajstić information content (AvgIpc) is 3.24. The smallest absolute Gasteiger partial charge is 0.164 e. The summed E-state index contributed by atoms with van der Waals surface area (Å²) in [7, 11) is 0. The Balaban J connectivity index is 1.32. The fourth-order valence-electron chi connectivity index (χ4n) is 7.78. The summed E-state index contributed by atoms with van der Waals surface area (Å²) in [6, 6.07) is 66.2. The summed E-state index contributed by atoms with van der Waals surface area (Å²) in [5, 5.41) is 9.64. The van der Waals surface area contributed by atoms with E-state index in [0.717, 1.165) is 44.3 Å². The summed E-state index contributed by atoms with van der Waals surface area (Å²) in [5.41, 5.74) is 7.26. The zero-order valence-corrected chi connectivity index (χ0v) is 28.2. The van der Waals surface area contributed by atoms with Crippen molar-refractivity contribution >= 4 is 43.1 Å². The van der Waals surface area contributed by atoms with Gasteiger partial charge < -0.3 is 0 Å². The fourth-order valence-corrected chi connectivity index (χ4v) is 7.78. The van der Waals surface area contributed by atoms with E-state index in [1.807, 2.05) is 12.1 Å². The standard InChI is InChI=1S/C49H31N3/c1-3-17-32(18-4-1)34-21-7-15-29-42(34)47-50-48(43-30-16-8-22-35(43)33-19-5-2-6-20-33)52-49(51-47)45-31-44-38-25-10-9-23-36(38)37-24-11-13-27-40(37)46(44)41-28-14-12-26-39(41)45/h1-31H. The average molecular weight is 662 g/mol. The SMILES string of the molecule is c1ccc(-c2ccccc2-c2nc(-c3ccccc3-c3ccccc3)nc(-c3cc4c5ccccc5c5ccccc5c4c4ccccc34)n2)cc1. The fraction of sp³-hybridized carbons (Fsp3) is 0. The number of hydrogen-bond donors (Lipinski definition) is 0. The van der Waals surface area contributed by atoms with Gasteiger partial charge in [-0.05, 0) is 71.4 Å². The number of fused-ring (bicyclic) bond motifs is 8. The van der Waals surface area contributed by atoms with Crippen molar-refractivity contribution in [2.75, 3.05) is 0 Å². The van der Waals surface area contributed by atoms with Crippen LogP contribution in [-0.2, 0) is 0 Å². The lowest BCUT2D eigenvalue weighted by Gasteiger charge is -2.17. The number of aromatic nitrogens is 3. The van der Waals surface area contributed by atoms with Crippen molar-refractivity contribution in [1.29, 1.82) is 0 Å². The normalized spacial score (nSPS) is 11.5. The highest BCUT2D eigenvalue weighted by Gasteiger charge is 2.21. The van der Waals surface area contributed by atoms with Crippen molar-refractivity contribution < 1.29 is 0 Å². The van der Waals surface area contributed by atoms with E-state index < -0.39 is 0 Å². The monoisotopic (exact) mass is 661 g/mol. The number of hydrogen-bond acceptors (Lipinski definition) is 3. The van der Waals surface area contributed by atoms with Gasteiger partial charge in [-0.15, -0.1) is 0 Å². The van der Waals surface area contributed by atoms with Crippen molar-refractivity contribution in [1.82, 2.24) is 15.0 Å². The third-order valence-corrected chi connectivity index (χ3v) is 10.1. The van der Waals surface area contributed by atoms with Crippen LogP contribution < -0.4 is 0 Å². The van der Waals surface area contributed by atoms with Crippen LogP contribution in [0.1, 0.15) is 0 Å². The quantitative estimate of drug-likeness (QED) is 0.172. The van der Waals surface area contributed by atoms with Crippen molar-refractivity contribution in [3.8, 4) is 56.4 Å². The largest absolute Gasteiger partial charge is 0.208 e. The Labute approximate surface area is 301 Å². The van der Waals surface area contributed by atoms with Crippen LogP contribution in [0, 0.1) is 0 Å². The van der Waals surface area contributed by atoms with Crippen LogP contribution in [0.15, 0.2) is 188 Å². The molecular formula is C49H31N3. The van der Waals surface area contributed by atoms with E-state index in [2.05, 4.69) is 176 Å². The molecule has 0 spiro atoms. The van der Waals surface area contributed by atoms with Gasteiger partial charge in [-0.1, -0.05) is 182 Å². The Bertz CT molecular complexity index is 2850. The number of nitrogens with zero attached hydrogens (tertiary/aromatic N) is 3. The van der Waals surface area contributed by atoms with Gasteiger partial charge in [0.1, 0.15) is 0 Å². The van der Waals surface area contributed by atoms with Gasteiger partial charge in [0, 0.05) is 16.7 Å². The minimum atomic E-state index is 0.634. The van der Waals surface area contributed by atoms with Crippen molar-refractivity contribution in [3.63, 3.8) is 0 Å². The van der Waals surface area contributed by atoms with E-state index in [9.17, 15) is 0 Å². The second-order valence-electron chi connectivity index (χ2n) is 13.1. The molecule has 0 fully saturated rings. The molecule has 10 rings (SSSR count). The number of benzene rings is 9. The third kappa shape index (κ3) is 4.94. The lowest BCUT2D eigenvalue weighted by molar-refractivity contribution is 1.08. The molecule has 0 atom stereocenters. The first-order chi connectivity index (χ1) is 25.8. The molecule has 0 aliphatic carbocycles. The van der Waals surface area contributed by atoms with Crippen LogP contribution in [0.3, 0.4) is 0 Å². The van der Waals surface area contributed by atoms with Gasteiger partial charge >= 0.3 is 0 Å². The van der Waals surface area contributed by atoms with E-state index in [-0.39, 0.29) is 0 Å². The van der Waals surface area contributed by atoms with Gasteiger partial charge in [-0.2, -0.15) is 0 Å². The van der Waals surface area contributed by atoms with Gasteiger partial charge in [0.15, 0.2) is 17.5 Å². The molecule has 3 heteroatoms. The summed E-state index contributed by atoms with van der Waals surface area (Å²) in [5.74, 6) is 1.91. The highest BCUT2D eigenvalue weighted by Crippen LogP contribution is 2.43. The molecule has 1 heterocycles. The summed E-state index contributed by atoms with van der Waals surface area (Å²) < 4.78 is 0. The van der Waals surface area contributed by atoms with Crippen molar-refractivity contribution in [2.24, 2.45) is 0 Å². The molecule has 0 radical (unpaired) electrons. The van der Waals surface area contributed by atoms with E-state index in [4.69, 9.17) is 15.0 Å². The lowest BCUT2D eigenvalue weighted by atomic mass is 9.89. The van der Waals surface area contributed by atoms with Gasteiger partial charge in [0.2, 0.25) is 0 Å². The van der Waals surface area contributed by atoms with Crippen LogP contribution in [0.4, 0.5) is 0 Å². The van der Waals surface area contributed by atoms with Gasteiger partial charge in [0.05, 0.1) is 0 Å². The Morgan fingerprint density at radius 3 is 1.06 bits per heavy atom. The first-order valence-corrected chi connectivity index (χ1v) is 17.6. The Morgan fingerprint density at radius 2 is 0.558 bits per heavy atom. The summed E-state index contributed by atoms with van der Waals surface area (Å²) in [6.45, 7) is 0. The Hall–Kier alpha value is -6.97. The molecule has 0 aliphatic heterocycles. The maximum atomic E-state index is 5.37. The van der Waals surface area contributed by atoms with Crippen LogP contribution >= 0.6 is 0 Å². The first kappa shape index (κ1) is 29.9. The first-order valence-electron chi connectivity index (χ1n) is 17.6. The maximum absolute atomic E-state index is 5.37. The maximum Gasteiger partial charge on any atom is 0.164 e. The van der Waals surface area contributed by atoms with Crippen LogP contribution in [0.25, 0.3) is 99.5 Å². The zero-order chi connectivity index (χ0) is 34.4. The highest BCUT2D eigenvalue weighted by molar-refractivity contribution is 6.32. The summed E-state index contributed by atoms with van der Waals surface area (Å²) >= 11 is 0. The Kier molecular flexibility index (Phi) is 7.14. The molecule has 0 aliphatic rings. The molecule has 52 heavy (non-hydrogen) atoms. The topological polar surface area (TPSA) is 38.7 Å². The van der Waals surface area contributed by atoms with Gasteiger partial charge in [-0.3, -0.25) is 0 Å². The van der Waals surface area contributed by atoms with Crippen molar-refractivity contribution in [2.45, 2.75) is 0 Å². The second kappa shape index (κ2) is 12.4. The van der Waals surface area contributed by atoms with E-state index in [1.54, 1.807) is 0 Å². The minimum Gasteiger partial charge on any atom is -0.208 e. The molecule has 0 amide bonds.